The van der Waals surface area contributed by atoms with Crippen LogP contribution in [0.3, 0.4) is 0 Å². The monoisotopic (exact) mass is 342 g/mol. The van der Waals surface area contributed by atoms with Crippen molar-refractivity contribution in [2.24, 2.45) is 5.92 Å². The molecule has 5 heteroatoms. The fraction of sp³-hybridized carbons (Fsp3) is 0.500. The van der Waals surface area contributed by atoms with E-state index in [0.717, 1.165) is 31.4 Å². The van der Waals surface area contributed by atoms with E-state index >= 15 is 0 Å². The number of carbonyl (C=O) groups is 2. The molecular formula is C20H23FN2O2. The molecule has 0 N–H and O–H groups in total. The highest BCUT2D eigenvalue weighted by molar-refractivity contribution is 5.93. The van der Waals surface area contributed by atoms with Crippen LogP contribution in [0.1, 0.15) is 31.7 Å². The third-order valence-electron chi connectivity index (χ3n) is 5.18. The summed E-state index contributed by atoms with van der Waals surface area (Å²) in [5.74, 6) is 5.34. The quantitative estimate of drug-likeness (QED) is 0.774. The molecule has 2 aliphatic heterocycles. The lowest BCUT2D eigenvalue weighted by molar-refractivity contribution is -0.137. The molecule has 0 aliphatic carbocycles. The number of amides is 2. The van der Waals surface area contributed by atoms with Crippen molar-refractivity contribution in [3.63, 3.8) is 0 Å². The maximum absolute atomic E-state index is 13.0. The molecule has 0 saturated carbocycles. The number of halogens is 1. The highest BCUT2D eigenvalue weighted by Gasteiger charge is 2.38. The number of likely N-dealkylation sites (tertiary alicyclic amines) is 2. The molecule has 0 unspecified atom stereocenters. The predicted octanol–water partition coefficient (Wildman–Crippen LogP) is 2.23. The average Bonchev–Trinajstić information content (AvgIpc) is 2.62. The molecule has 2 saturated heterocycles. The van der Waals surface area contributed by atoms with Gasteiger partial charge in [-0.15, -0.1) is 0 Å². The fourth-order valence-corrected chi connectivity index (χ4v) is 3.95. The van der Waals surface area contributed by atoms with Gasteiger partial charge in [-0.2, -0.15) is 0 Å². The molecule has 1 aromatic rings. The zero-order valence-electron chi connectivity index (χ0n) is 14.5. The van der Waals surface area contributed by atoms with Crippen molar-refractivity contribution in [1.29, 1.82) is 0 Å². The van der Waals surface area contributed by atoms with Crippen LogP contribution >= 0.6 is 0 Å². The van der Waals surface area contributed by atoms with E-state index in [4.69, 9.17) is 0 Å². The average molecular weight is 342 g/mol. The van der Waals surface area contributed by atoms with Gasteiger partial charge in [0.1, 0.15) is 5.82 Å². The van der Waals surface area contributed by atoms with Crippen molar-refractivity contribution in [2.75, 3.05) is 19.6 Å². The van der Waals surface area contributed by atoms with Crippen LogP contribution in [0.15, 0.2) is 24.3 Å². The van der Waals surface area contributed by atoms with Crippen LogP contribution in [-0.2, 0) is 16.0 Å². The van der Waals surface area contributed by atoms with Crippen molar-refractivity contribution in [1.82, 2.24) is 9.80 Å². The van der Waals surface area contributed by atoms with Gasteiger partial charge < -0.3 is 9.80 Å². The maximum atomic E-state index is 13.0. The van der Waals surface area contributed by atoms with Gasteiger partial charge in [0.05, 0.1) is 6.42 Å². The van der Waals surface area contributed by atoms with E-state index in [2.05, 4.69) is 11.8 Å². The fourth-order valence-electron chi connectivity index (χ4n) is 3.95. The molecule has 0 radical (unpaired) electrons. The van der Waals surface area contributed by atoms with Crippen LogP contribution in [0.5, 0.6) is 0 Å². The van der Waals surface area contributed by atoms with E-state index in [1.54, 1.807) is 19.1 Å². The first-order chi connectivity index (χ1) is 12.1. The van der Waals surface area contributed by atoms with E-state index in [1.807, 2.05) is 9.80 Å². The summed E-state index contributed by atoms with van der Waals surface area (Å²) in [6.07, 6.45) is 3.09. The van der Waals surface area contributed by atoms with Gasteiger partial charge in [0.25, 0.3) is 5.91 Å². The van der Waals surface area contributed by atoms with Crippen LogP contribution in [0.4, 0.5) is 4.39 Å². The summed E-state index contributed by atoms with van der Waals surface area (Å²) >= 11 is 0. The van der Waals surface area contributed by atoms with Gasteiger partial charge in [0.15, 0.2) is 0 Å². The molecule has 2 aliphatic rings. The van der Waals surface area contributed by atoms with Gasteiger partial charge in [0, 0.05) is 25.7 Å². The SMILES string of the molecule is CC#CC(=O)N1CCC[C@@H]2CN(C(=O)Cc3ccc(F)cc3)CC[C@H]21. The minimum absolute atomic E-state index is 0.0712. The standard InChI is InChI=1S/C20H23FN2O2/c1-2-4-19(24)23-11-3-5-16-14-22(12-10-18(16)23)20(25)13-15-6-8-17(21)9-7-15/h6-9,16,18H,3,5,10-14H2,1H3/t16-,18-/m1/s1. The highest BCUT2D eigenvalue weighted by atomic mass is 19.1. The Balaban J connectivity index is 1.62. The first-order valence-electron chi connectivity index (χ1n) is 8.84. The summed E-state index contributed by atoms with van der Waals surface area (Å²) in [6, 6.07) is 6.27. The van der Waals surface area contributed by atoms with Crippen LogP contribution in [0.25, 0.3) is 0 Å². The Kier molecular flexibility index (Phi) is 5.37. The molecule has 0 spiro atoms. The summed E-state index contributed by atoms with van der Waals surface area (Å²) in [7, 11) is 0. The third kappa shape index (κ3) is 4.01. The maximum Gasteiger partial charge on any atom is 0.298 e. The largest absolute Gasteiger partial charge is 0.342 e. The summed E-state index contributed by atoms with van der Waals surface area (Å²) < 4.78 is 13.0. The Morgan fingerprint density at radius 2 is 1.96 bits per heavy atom. The van der Waals surface area contributed by atoms with Crippen molar-refractivity contribution < 1.29 is 14.0 Å². The van der Waals surface area contributed by atoms with Gasteiger partial charge in [-0.25, -0.2) is 4.39 Å². The zero-order valence-corrected chi connectivity index (χ0v) is 14.5. The van der Waals surface area contributed by atoms with Crippen molar-refractivity contribution in [3.8, 4) is 11.8 Å². The number of carbonyl (C=O) groups excluding carboxylic acids is 2. The normalized spacial score (nSPS) is 22.6. The van der Waals surface area contributed by atoms with Gasteiger partial charge in [-0.3, -0.25) is 9.59 Å². The number of piperidine rings is 2. The van der Waals surface area contributed by atoms with Crippen LogP contribution in [0, 0.1) is 23.6 Å². The molecule has 0 aromatic heterocycles. The number of benzene rings is 1. The molecule has 3 rings (SSSR count). The number of nitrogens with zero attached hydrogens (tertiary/aromatic N) is 2. The first kappa shape index (κ1) is 17.5. The van der Waals surface area contributed by atoms with Crippen molar-refractivity contribution >= 4 is 11.8 Å². The van der Waals surface area contributed by atoms with Crippen LogP contribution in [0.2, 0.25) is 0 Å². The lowest BCUT2D eigenvalue weighted by Crippen LogP contribution is -2.56. The number of hydrogen-bond acceptors (Lipinski definition) is 2. The zero-order chi connectivity index (χ0) is 17.8. The van der Waals surface area contributed by atoms with Gasteiger partial charge in [-0.05, 0) is 55.7 Å². The topological polar surface area (TPSA) is 40.6 Å². The predicted molar refractivity (Wildman–Crippen MR) is 93.0 cm³/mol. The minimum atomic E-state index is -0.292. The molecule has 25 heavy (non-hydrogen) atoms. The summed E-state index contributed by atoms with van der Waals surface area (Å²) in [5, 5.41) is 0. The molecule has 132 valence electrons. The molecule has 2 heterocycles. The molecule has 2 atom stereocenters. The first-order valence-corrected chi connectivity index (χ1v) is 8.84. The smallest absolute Gasteiger partial charge is 0.298 e. The lowest BCUT2D eigenvalue weighted by atomic mass is 9.83. The van der Waals surface area contributed by atoms with Gasteiger partial charge in [-0.1, -0.05) is 18.1 Å². The van der Waals surface area contributed by atoms with E-state index in [9.17, 15) is 14.0 Å². The number of hydrogen-bond donors (Lipinski definition) is 0. The summed E-state index contributed by atoms with van der Waals surface area (Å²) in [4.78, 5) is 28.5. The van der Waals surface area contributed by atoms with E-state index in [0.29, 0.717) is 25.4 Å². The van der Waals surface area contributed by atoms with E-state index in [-0.39, 0.29) is 23.7 Å². The minimum Gasteiger partial charge on any atom is -0.342 e. The Bertz CT molecular complexity index is 705. The van der Waals surface area contributed by atoms with Gasteiger partial charge in [0.2, 0.25) is 5.91 Å². The lowest BCUT2D eigenvalue weighted by Gasteiger charge is -2.46. The Labute approximate surface area is 148 Å². The molecular weight excluding hydrogens is 319 g/mol. The second-order valence-electron chi connectivity index (χ2n) is 6.77. The number of fused-ring (bicyclic) bond motifs is 1. The second-order valence-corrected chi connectivity index (χ2v) is 6.77. The van der Waals surface area contributed by atoms with Crippen LogP contribution in [-0.4, -0.2) is 47.3 Å². The Morgan fingerprint density at radius 3 is 2.68 bits per heavy atom. The van der Waals surface area contributed by atoms with Crippen molar-refractivity contribution in [2.45, 2.75) is 38.6 Å². The molecule has 0 bridgehead atoms. The molecule has 2 amide bonds. The molecule has 4 nitrogen and oxygen atoms in total. The number of rotatable bonds is 2. The Hall–Kier alpha value is -2.35. The Morgan fingerprint density at radius 1 is 1.20 bits per heavy atom. The van der Waals surface area contributed by atoms with E-state index in [1.165, 1.54) is 12.1 Å². The van der Waals surface area contributed by atoms with Crippen LogP contribution < -0.4 is 0 Å². The van der Waals surface area contributed by atoms with Crippen molar-refractivity contribution in [3.05, 3.63) is 35.6 Å². The van der Waals surface area contributed by atoms with Gasteiger partial charge >= 0.3 is 0 Å². The summed E-state index contributed by atoms with van der Waals surface area (Å²) in [6.45, 7) is 3.78. The highest BCUT2D eigenvalue weighted by Crippen LogP contribution is 2.31. The van der Waals surface area contributed by atoms with E-state index < -0.39 is 0 Å². The second kappa shape index (κ2) is 7.69. The molecule has 2 fully saturated rings. The summed E-state index contributed by atoms with van der Waals surface area (Å²) in [5.41, 5.74) is 0.826. The third-order valence-corrected chi connectivity index (χ3v) is 5.18. The molecule has 1 aromatic carbocycles.